The summed E-state index contributed by atoms with van der Waals surface area (Å²) in [6.07, 6.45) is 4.44. The van der Waals surface area contributed by atoms with Gasteiger partial charge in [0.2, 0.25) is 0 Å². The van der Waals surface area contributed by atoms with Gasteiger partial charge in [-0.1, -0.05) is 18.2 Å². The van der Waals surface area contributed by atoms with Crippen LogP contribution in [0.4, 0.5) is 5.69 Å². The first-order valence-electron chi connectivity index (χ1n) is 10.4. The molecule has 4 rings (SSSR count). The van der Waals surface area contributed by atoms with Gasteiger partial charge in [0.15, 0.2) is 5.43 Å². The Hall–Kier alpha value is -2.79. The number of aryl methyl sites for hydroxylation is 1. The normalized spacial score (nSPS) is 15.0. The number of para-hydroxylation sites is 1. The van der Waals surface area contributed by atoms with Gasteiger partial charge in [0.25, 0.3) is 0 Å². The Labute approximate surface area is 171 Å². The second-order valence-electron chi connectivity index (χ2n) is 7.57. The molecule has 1 aliphatic rings. The first-order chi connectivity index (χ1) is 14.2. The zero-order valence-corrected chi connectivity index (χ0v) is 17.0. The van der Waals surface area contributed by atoms with Gasteiger partial charge < -0.3 is 14.1 Å². The molecule has 0 unspecified atom stereocenters. The first kappa shape index (κ1) is 19.5. The standard InChI is InChI=1S/C24H28N2O3/c1-28-21-10-11-23-22(17-21)24(27)19(18-29-23)7-5-6-12-25-13-15-26(16-14-25)20-8-3-2-4-9-20/h2-4,8-11,17-18H,5-7,12-16H2,1H3. The van der Waals surface area contributed by atoms with E-state index < -0.39 is 0 Å². The van der Waals surface area contributed by atoms with Crippen molar-refractivity contribution in [1.29, 1.82) is 0 Å². The molecule has 2 heterocycles. The number of nitrogens with zero attached hydrogens (tertiary/aromatic N) is 2. The van der Waals surface area contributed by atoms with E-state index >= 15 is 0 Å². The lowest BCUT2D eigenvalue weighted by atomic mass is 10.1. The smallest absolute Gasteiger partial charge is 0.195 e. The summed E-state index contributed by atoms with van der Waals surface area (Å²) in [6, 6.07) is 16.0. The summed E-state index contributed by atoms with van der Waals surface area (Å²) in [4.78, 5) is 17.7. The number of piperazine rings is 1. The second-order valence-corrected chi connectivity index (χ2v) is 7.57. The average molecular weight is 392 g/mol. The lowest BCUT2D eigenvalue weighted by molar-refractivity contribution is 0.253. The maximum absolute atomic E-state index is 12.7. The maximum Gasteiger partial charge on any atom is 0.195 e. The molecule has 5 nitrogen and oxygen atoms in total. The van der Waals surface area contributed by atoms with E-state index in [1.54, 1.807) is 25.5 Å². The molecule has 0 bridgehead atoms. The molecule has 0 saturated carbocycles. The van der Waals surface area contributed by atoms with E-state index in [2.05, 4.69) is 40.1 Å². The van der Waals surface area contributed by atoms with Crippen molar-refractivity contribution in [2.24, 2.45) is 0 Å². The van der Waals surface area contributed by atoms with Crippen molar-refractivity contribution in [2.45, 2.75) is 19.3 Å². The van der Waals surface area contributed by atoms with Crippen LogP contribution in [0.1, 0.15) is 18.4 Å². The minimum atomic E-state index is 0.0571. The average Bonchev–Trinajstić information content (AvgIpc) is 2.79. The Morgan fingerprint density at radius 3 is 2.55 bits per heavy atom. The lowest BCUT2D eigenvalue weighted by Gasteiger charge is -2.36. The number of ether oxygens (including phenoxy) is 1. The van der Waals surface area contributed by atoms with Crippen LogP contribution in [0.25, 0.3) is 11.0 Å². The molecule has 1 fully saturated rings. The number of hydrogen-bond acceptors (Lipinski definition) is 5. The van der Waals surface area contributed by atoms with Crippen LogP contribution in [0.3, 0.4) is 0 Å². The largest absolute Gasteiger partial charge is 0.497 e. The van der Waals surface area contributed by atoms with Crippen LogP contribution in [0.5, 0.6) is 5.75 Å². The van der Waals surface area contributed by atoms with E-state index in [9.17, 15) is 4.79 Å². The molecule has 1 aliphatic heterocycles. The third-order valence-corrected chi connectivity index (χ3v) is 5.72. The van der Waals surface area contributed by atoms with Gasteiger partial charge >= 0.3 is 0 Å². The van der Waals surface area contributed by atoms with Crippen molar-refractivity contribution in [3.63, 3.8) is 0 Å². The molecule has 29 heavy (non-hydrogen) atoms. The molecule has 1 aromatic heterocycles. The molecule has 0 spiro atoms. The van der Waals surface area contributed by atoms with Crippen molar-refractivity contribution in [2.75, 3.05) is 44.7 Å². The summed E-state index contributed by atoms with van der Waals surface area (Å²) in [5, 5.41) is 0.596. The highest BCUT2D eigenvalue weighted by Crippen LogP contribution is 2.19. The Balaban J connectivity index is 1.26. The Kier molecular flexibility index (Phi) is 6.15. The third kappa shape index (κ3) is 4.62. The van der Waals surface area contributed by atoms with Crippen LogP contribution in [0, 0.1) is 0 Å². The van der Waals surface area contributed by atoms with E-state index in [1.807, 2.05) is 6.07 Å². The number of unbranched alkanes of at least 4 members (excludes halogenated alkanes) is 1. The molecule has 152 valence electrons. The molecule has 3 aromatic rings. The van der Waals surface area contributed by atoms with E-state index in [-0.39, 0.29) is 5.43 Å². The molecular weight excluding hydrogens is 364 g/mol. The predicted molar refractivity (Wildman–Crippen MR) is 117 cm³/mol. The van der Waals surface area contributed by atoms with Crippen LogP contribution in [0.2, 0.25) is 0 Å². The SMILES string of the molecule is COc1ccc2occ(CCCCN3CCN(c4ccccc4)CC3)c(=O)c2c1. The lowest BCUT2D eigenvalue weighted by Crippen LogP contribution is -2.46. The predicted octanol–water partition coefficient (Wildman–Crippen LogP) is 3.95. The van der Waals surface area contributed by atoms with Crippen LogP contribution in [-0.2, 0) is 6.42 Å². The monoisotopic (exact) mass is 392 g/mol. The molecular formula is C24H28N2O3. The van der Waals surface area contributed by atoms with Crippen molar-refractivity contribution < 1.29 is 9.15 Å². The van der Waals surface area contributed by atoms with Crippen LogP contribution >= 0.6 is 0 Å². The highest BCUT2D eigenvalue weighted by atomic mass is 16.5. The van der Waals surface area contributed by atoms with Crippen molar-refractivity contribution in [1.82, 2.24) is 4.90 Å². The second kappa shape index (κ2) is 9.14. The highest BCUT2D eigenvalue weighted by Gasteiger charge is 2.16. The third-order valence-electron chi connectivity index (χ3n) is 5.72. The summed E-state index contributed by atoms with van der Waals surface area (Å²) in [6.45, 7) is 5.40. The van der Waals surface area contributed by atoms with E-state index in [1.165, 1.54) is 5.69 Å². The van der Waals surface area contributed by atoms with Gasteiger partial charge in [-0.25, -0.2) is 0 Å². The van der Waals surface area contributed by atoms with Gasteiger partial charge in [-0.2, -0.15) is 0 Å². The number of methoxy groups -OCH3 is 1. The fourth-order valence-corrected chi connectivity index (χ4v) is 3.97. The number of benzene rings is 2. The number of hydrogen-bond donors (Lipinski definition) is 0. The number of rotatable bonds is 7. The molecule has 0 N–H and O–H groups in total. The Morgan fingerprint density at radius 2 is 1.79 bits per heavy atom. The van der Waals surface area contributed by atoms with Crippen LogP contribution in [0.15, 0.2) is 64.0 Å². The molecule has 0 amide bonds. The molecule has 2 aromatic carbocycles. The highest BCUT2D eigenvalue weighted by molar-refractivity contribution is 5.78. The fourth-order valence-electron chi connectivity index (χ4n) is 3.97. The maximum atomic E-state index is 12.7. The Bertz CT molecular complexity index is 992. The van der Waals surface area contributed by atoms with E-state index in [0.29, 0.717) is 16.7 Å². The van der Waals surface area contributed by atoms with Gasteiger partial charge in [0.1, 0.15) is 11.3 Å². The summed E-state index contributed by atoms with van der Waals surface area (Å²) in [5.74, 6) is 0.677. The zero-order valence-electron chi connectivity index (χ0n) is 17.0. The first-order valence-corrected chi connectivity index (χ1v) is 10.4. The van der Waals surface area contributed by atoms with Crippen LogP contribution < -0.4 is 15.1 Å². The van der Waals surface area contributed by atoms with Gasteiger partial charge in [0, 0.05) is 37.4 Å². The topological polar surface area (TPSA) is 45.9 Å². The van der Waals surface area contributed by atoms with E-state index in [4.69, 9.17) is 9.15 Å². The minimum Gasteiger partial charge on any atom is -0.497 e. The zero-order chi connectivity index (χ0) is 20.1. The van der Waals surface area contributed by atoms with E-state index in [0.717, 1.165) is 57.5 Å². The number of fused-ring (bicyclic) bond motifs is 1. The summed E-state index contributed by atoms with van der Waals surface area (Å²) in [7, 11) is 1.60. The van der Waals surface area contributed by atoms with Gasteiger partial charge in [-0.15, -0.1) is 0 Å². The number of anilines is 1. The summed E-state index contributed by atoms with van der Waals surface area (Å²) >= 11 is 0. The molecule has 0 atom stereocenters. The molecule has 1 saturated heterocycles. The van der Waals surface area contributed by atoms with Crippen molar-refractivity contribution in [3.8, 4) is 5.75 Å². The summed E-state index contributed by atoms with van der Waals surface area (Å²) in [5.41, 5.74) is 2.73. The summed E-state index contributed by atoms with van der Waals surface area (Å²) < 4.78 is 10.9. The Morgan fingerprint density at radius 1 is 1.00 bits per heavy atom. The quantitative estimate of drug-likeness (QED) is 0.570. The minimum absolute atomic E-state index is 0.0571. The van der Waals surface area contributed by atoms with Crippen LogP contribution in [-0.4, -0.2) is 44.7 Å². The van der Waals surface area contributed by atoms with Crippen molar-refractivity contribution >= 4 is 16.7 Å². The molecule has 0 aliphatic carbocycles. The molecule has 0 radical (unpaired) electrons. The van der Waals surface area contributed by atoms with Gasteiger partial charge in [-0.3, -0.25) is 9.69 Å². The van der Waals surface area contributed by atoms with Gasteiger partial charge in [-0.05, 0) is 56.1 Å². The van der Waals surface area contributed by atoms with Gasteiger partial charge in [0.05, 0.1) is 18.8 Å². The molecule has 5 heteroatoms. The van der Waals surface area contributed by atoms with Crippen molar-refractivity contribution in [3.05, 3.63) is 70.6 Å². The fraction of sp³-hybridized carbons (Fsp3) is 0.375.